The Bertz CT molecular complexity index is 1830. The van der Waals surface area contributed by atoms with Crippen LogP contribution in [0.3, 0.4) is 0 Å². The van der Waals surface area contributed by atoms with E-state index in [2.05, 4.69) is 19.2 Å². The summed E-state index contributed by atoms with van der Waals surface area (Å²) in [5.41, 5.74) is -4.65. The van der Waals surface area contributed by atoms with Crippen LogP contribution >= 0.6 is 0 Å². The number of cyclic esters (lactones) is 1. The van der Waals surface area contributed by atoms with Gasteiger partial charge in [0.25, 0.3) is 29.5 Å². The number of hydrazine groups is 2. The van der Waals surface area contributed by atoms with Gasteiger partial charge in [-0.05, 0) is 89.4 Å². The highest BCUT2D eigenvalue weighted by Crippen LogP contribution is 2.42. The highest BCUT2D eigenvalue weighted by Gasteiger charge is 2.58. The van der Waals surface area contributed by atoms with Crippen LogP contribution in [0.1, 0.15) is 120 Å². The molecule has 5 fully saturated rings. The minimum Gasteiger partial charge on any atom is -0.458 e. The summed E-state index contributed by atoms with van der Waals surface area (Å²) >= 11 is 0. The molecule has 0 radical (unpaired) electrons. The maximum absolute atomic E-state index is 15.2. The summed E-state index contributed by atoms with van der Waals surface area (Å²) < 4.78 is 12.1. The number of hydrogen-bond acceptors (Lipinski definition) is 16. The van der Waals surface area contributed by atoms with Gasteiger partial charge in [-0.1, -0.05) is 41.5 Å². The van der Waals surface area contributed by atoms with Gasteiger partial charge in [-0.2, -0.15) is 0 Å². The number of carbonyl (C=O) groups excluding carboxylic acids is 7. The van der Waals surface area contributed by atoms with E-state index in [1.54, 1.807) is 0 Å². The van der Waals surface area contributed by atoms with Crippen molar-refractivity contribution in [2.24, 2.45) is 17.8 Å². The van der Waals surface area contributed by atoms with Crippen molar-refractivity contribution >= 4 is 41.4 Å². The summed E-state index contributed by atoms with van der Waals surface area (Å²) in [6.07, 6.45) is -0.198. The lowest BCUT2D eigenvalue weighted by molar-refractivity contribution is -0.329. The second-order valence-corrected chi connectivity index (χ2v) is 20.0. The number of aliphatic hydroxyl groups is 3. The van der Waals surface area contributed by atoms with Gasteiger partial charge >= 0.3 is 5.97 Å². The van der Waals surface area contributed by atoms with E-state index in [-0.39, 0.29) is 61.2 Å². The van der Waals surface area contributed by atoms with E-state index in [1.807, 2.05) is 6.92 Å². The molecule has 0 aromatic heterocycles. The summed E-state index contributed by atoms with van der Waals surface area (Å²) in [5.74, 6) is -10.6. The number of rotatable bonds is 8. The van der Waals surface area contributed by atoms with E-state index in [1.165, 1.54) is 51.8 Å². The van der Waals surface area contributed by atoms with Crippen molar-refractivity contribution in [3.8, 4) is 0 Å². The lowest BCUT2D eigenvalue weighted by atomic mass is 9.78. The van der Waals surface area contributed by atoms with Gasteiger partial charge in [-0.3, -0.25) is 49.2 Å². The van der Waals surface area contributed by atoms with Gasteiger partial charge in [0.05, 0.1) is 11.7 Å². The lowest BCUT2D eigenvalue weighted by Crippen LogP contribution is -2.70. The maximum Gasteiger partial charge on any atom is 0.332 e. The third kappa shape index (κ3) is 10.3. The Hall–Kier alpha value is -4.03. The summed E-state index contributed by atoms with van der Waals surface area (Å²) in [4.78, 5) is 102. The molecular weight excluding hydrogens is 865 g/mol. The first-order valence-corrected chi connectivity index (χ1v) is 23.5. The number of fused-ring (bicyclic) bond motifs is 3. The molecule has 0 bridgehead atoms. The van der Waals surface area contributed by atoms with Crippen molar-refractivity contribution in [2.75, 3.05) is 40.3 Å². The first kappa shape index (κ1) is 52.9. The molecule has 5 saturated heterocycles. The summed E-state index contributed by atoms with van der Waals surface area (Å²) in [5, 5.41) is 66.2. The van der Waals surface area contributed by atoms with E-state index in [9.17, 15) is 54.5 Å². The molecule has 11 atom stereocenters. The highest BCUT2D eigenvalue weighted by molar-refractivity contribution is 5.97. The van der Waals surface area contributed by atoms with Crippen LogP contribution in [0.25, 0.3) is 0 Å². The zero-order chi connectivity index (χ0) is 49.4. The minimum absolute atomic E-state index is 0.0219. The second-order valence-electron chi connectivity index (χ2n) is 20.0. The Morgan fingerprint density at radius 2 is 1.39 bits per heavy atom. The average Bonchev–Trinajstić information content (AvgIpc) is 3.57. The summed E-state index contributed by atoms with van der Waals surface area (Å²) in [6, 6.07) is -8.25. The van der Waals surface area contributed by atoms with Gasteiger partial charge in [0.15, 0.2) is 11.6 Å². The maximum atomic E-state index is 15.2. The number of nitrogens with one attached hydrogen (secondary N) is 1. The Labute approximate surface area is 386 Å². The molecule has 22 nitrogen and oxygen atoms in total. The minimum atomic E-state index is -2.72. The van der Waals surface area contributed by atoms with Crippen LogP contribution in [-0.2, 0) is 43.0 Å². The van der Waals surface area contributed by atoms with Crippen LogP contribution in [0.4, 0.5) is 0 Å². The van der Waals surface area contributed by atoms with Crippen LogP contribution in [0.15, 0.2) is 0 Å². The number of amides is 6. The number of nitrogens with zero attached hydrogens (tertiary/aromatic N) is 7. The monoisotopic (exact) mass is 939 g/mol. The summed E-state index contributed by atoms with van der Waals surface area (Å²) in [6.45, 7) is 12.2. The highest BCUT2D eigenvalue weighted by atomic mass is 16.6. The Kier molecular flexibility index (Phi) is 16.6. The topological polar surface area (TPSA) is 274 Å². The van der Waals surface area contributed by atoms with Gasteiger partial charge in [0.2, 0.25) is 11.7 Å². The quantitative estimate of drug-likeness (QED) is 0.138. The SMILES string of the molecule is CCC1OC(O)(C(C)(O)C(=O)NC2C(=O)N3C(CCCN3C)C(=O)N(O)CC(=O)N3C(CCCN3C)C(=O)N3CCC(C)(O)C3C(=O)N(O)C(C(C)C)C(=O)OC2CC)CCC1CC(C)C. The zero-order valence-corrected chi connectivity index (χ0v) is 40.2. The van der Waals surface area contributed by atoms with Gasteiger partial charge in [-0.15, -0.1) is 0 Å². The van der Waals surface area contributed by atoms with Crippen LogP contribution in [0.2, 0.25) is 0 Å². The van der Waals surface area contributed by atoms with E-state index < -0.39 is 113 Å². The molecule has 0 saturated carbocycles. The average molecular weight is 939 g/mol. The van der Waals surface area contributed by atoms with Gasteiger partial charge in [0, 0.05) is 40.2 Å². The standard InChI is InChI=1S/C44H74N8O14/c1-11-30-27(23-25(3)4)17-18-44(62,66-30)43(8,61)41(59)45-33-31(12-2)65-40(58)34(26(5)6)52(64)39(57)35-42(7,60)19-22-48(35)36(54)28-15-13-20-46(9)50(28)32(53)24-49(63)37(55)29-16-14-21-47(10)51(29)38(33)56/h25-31,33-35,60-64H,11-24H2,1-10H3,(H,45,59). The van der Waals surface area contributed by atoms with Crippen molar-refractivity contribution in [2.45, 2.75) is 179 Å². The number of hydrogen-bond donors (Lipinski definition) is 6. The Morgan fingerprint density at radius 1 is 0.818 bits per heavy atom. The van der Waals surface area contributed by atoms with Crippen molar-refractivity contribution in [3.63, 3.8) is 0 Å². The molecular formula is C44H74N8O14. The van der Waals surface area contributed by atoms with Crippen molar-refractivity contribution in [1.82, 2.24) is 40.4 Å². The normalized spacial score (nSPS) is 35.3. The van der Waals surface area contributed by atoms with E-state index in [4.69, 9.17) is 9.47 Å². The molecule has 5 aliphatic heterocycles. The fraction of sp³-hybridized carbons (Fsp3) is 0.841. The number of esters is 1. The van der Waals surface area contributed by atoms with Gasteiger partial charge < -0.3 is 35.0 Å². The Balaban J connectivity index is 1.61. The van der Waals surface area contributed by atoms with Crippen molar-refractivity contribution < 1.29 is 68.8 Å². The molecule has 374 valence electrons. The molecule has 0 aromatic rings. The second kappa shape index (κ2) is 20.7. The zero-order valence-electron chi connectivity index (χ0n) is 40.2. The molecule has 6 amide bonds. The molecule has 66 heavy (non-hydrogen) atoms. The number of carbonyl (C=O) groups is 7. The predicted octanol–water partition coefficient (Wildman–Crippen LogP) is -0.0148. The van der Waals surface area contributed by atoms with E-state index >= 15 is 4.79 Å². The Morgan fingerprint density at radius 3 is 1.95 bits per heavy atom. The van der Waals surface area contributed by atoms with Crippen molar-refractivity contribution in [3.05, 3.63) is 0 Å². The molecule has 6 N–H and O–H groups in total. The molecule has 0 spiro atoms. The lowest BCUT2D eigenvalue weighted by Gasteiger charge is -2.48. The molecule has 11 unspecified atom stereocenters. The van der Waals surface area contributed by atoms with Crippen LogP contribution < -0.4 is 5.32 Å². The van der Waals surface area contributed by atoms with Gasteiger partial charge in [-0.25, -0.2) is 24.9 Å². The molecule has 5 aliphatic rings. The molecule has 22 heteroatoms. The third-order valence-corrected chi connectivity index (χ3v) is 14.2. The van der Waals surface area contributed by atoms with E-state index in [0.29, 0.717) is 38.1 Å². The van der Waals surface area contributed by atoms with Crippen molar-refractivity contribution in [1.29, 1.82) is 0 Å². The smallest absolute Gasteiger partial charge is 0.332 e. The third-order valence-electron chi connectivity index (χ3n) is 14.2. The molecule has 0 aliphatic carbocycles. The molecule has 5 rings (SSSR count). The van der Waals surface area contributed by atoms with Crippen LogP contribution in [-0.4, -0.2) is 202 Å². The van der Waals surface area contributed by atoms with E-state index in [0.717, 1.165) is 28.3 Å². The number of ether oxygens (including phenoxy) is 2. The predicted molar refractivity (Wildman–Crippen MR) is 232 cm³/mol. The molecule has 0 aromatic carbocycles. The first-order chi connectivity index (χ1) is 30.7. The van der Waals surface area contributed by atoms with Crippen LogP contribution in [0, 0.1) is 17.8 Å². The summed E-state index contributed by atoms with van der Waals surface area (Å²) in [7, 11) is 3.01. The fourth-order valence-electron chi connectivity index (χ4n) is 10.4. The van der Waals surface area contributed by atoms with Crippen LogP contribution in [0.5, 0.6) is 0 Å². The first-order valence-electron chi connectivity index (χ1n) is 23.5. The largest absolute Gasteiger partial charge is 0.458 e. The number of hydroxylamine groups is 4. The molecule has 5 heterocycles. The van der Waals surface area contributed by atoms with Gasteiger partial charge in [0.1, 0.15) is 36.8 Å². The fourth-order valence-corrected chi connectivity index (χ4v) is 10.4.